The van der Waals surface area contributed by atoms with E-state index >= 15 is 0 Å². The average Bonchev–Trinajstić information content (AvgIpc) is 1.21. The minimum atomic E-state index is -1.43. The smallest absolute Gasteiger partial charge is 0.243 e. The molecule has 2 aromatic carbocycles. The molecule has 2 aliphatic rings. The van der Waals surface area contributed by atoms with E-state index in [1.807, 2.05) is 69.2 Å². The molecule has 0 saturated carbocycles. The van der Waals surface area contributed by atoms with Crippen LogP contribution < -0.4 is 119 Å². The molecule has 42 heteroatoms. The molecule has 18 atom stereocenters. The van der Waals surface area contributed by atoms with Gasteiger partial charge < -0.3 is 130 Å². The van der Waals surface area contributed by atoms with Gasteiger partial charge in [0, 0.05) is 37.8 Å². The number of rotatable bonds is 49. The van der Waals surface area contributed by atoms with Crippen LogP contribution in [0.1, 0.15) is 294 Å². The van der Waals surface area contributed by atoms with Crippen molar-refractivity contribution in [1.82, 2.24) is 85.1 Å². The molecule has 148 heavy (non-hydrogen) atoms. The highest BCUT2D eigenvalue weighted by Crippen LogP contribution is 2.24. The molecule has 2 saturated heterocycles. The lowest BCUT2D eigenvalue weighted by Crippen LogP contribution is -2.59. The lowest BCUT2D eigenvalue weighted by Gasteiger charge is -2.28. The molecule has 0 aliphatic carbocycles. The number of unbranched alkanes of at least 4 members (excludes halogenated alkanes) is 5. The number of aliphatic hydroxyl groups excluding tert-OH is 2. The number of hydrogen-bond acceptors (Lipinski definition) is 26. The van der Waals surface area contributed by atoms with Crippen molar-refractivity contribution in [3.63, 3.8) is 0 Å². The quantitative estimate of drug-likeness (QED) is 0.0416. The molecule has 836 valence electrons. The van der Waals surface area contributed by atoms with Crippen molar-refractivity contribution in [2.75, 3.05) is 52.4 Å². The predicted octanol–water partition coefficient (Wildman–Crippen LogP) is 1.39. The Labute approximate surface area is 875 Å². The minimum Gasteiger partial charge on any atom is -0.393 e. The highest BCUT2D eigenvalue weighted by Gasteiger charge is 2.41. The molecule has 42 nitrogen and oxygen atoms in total. The molecule has 2 aromatic rings. The largest absolute Gasteiger partial charge is 0.393 e. The lowest BCUT2D eigenvalue weighted by atomic mass is 9.88. The van der Waals surface area contributed by atoms with Gasteiger partial charge in [-0.3, -0.25) is 86.3 Å². The molecule has 2 heterocycles. The summed E-state index contributed by atoms with van der Waals surface area (Å²) in [6, 6.07) is 0.864. The second-order valence-electron chi connectivity index (χ2n) is 41.4. The van der Waals surface area contributed by atoms with Gasteiger partial charge in [0.1, 0.15) is 72.5 Å². The van der Waals surface area contributed by atoms with Gasteiger partial charge in [0.2, 0.25) is 94.5 Å². The summed E-state index contributed by atoms with van der Waals surface area (Å²) in [6.07, 6.45) is 6.48. The predicted molar refractivity (Wildman–Crippen MR) is 566 cm³/mol. The van der Waals surface area contributed by atoms with E-state index in [1.165, 1.54) is 0 Å². The van der Waals surface area contributed by atoms with Crippen LogP contribution in [0.4, 0.5) is 0 Å². The zero-order valence-corrected chi connectivity index (χ0v) is 90.0. The van der Waals surface area contributed by atoms with Crippen LogP contribution in [-0.4, -0.2) is 265 Å². The summed E-state index contributed by atoms with van der Waals surface area (Å²) < 4.78 is 0. The molecule has 16 amide bonds. The first-order valence-corrected chi connectivity index (χ1v) is 53.9. The number of Topliss-reactive ketones (excluding diaryl/α,β-unsaturated/α-hetero) is 2. The van der Waals surface area contributed by atoms with E-state index < -0.39 is 215 Å². The Kier molecular flexibility index (Phi) is 64.9. The lowest BCUT2D eigenvalue weighted by molar-refractivity contribution is -0.136. The number of carbonyl (C=O) groups excluding carboxylic acids is 18. The summed E-state index contributed by atoms with van der Waals surface area (Å²) in [5.74, 6) is -14.1. The van der Waals surface area contributed by atoms with Gasteiger partial charge in [0.25, 0.3) is 0 Å². The third-order valence-corrected chi connectivity index (χ3v) is 25.6. The van der Waals surface area contributed by atoms with Crippen LogP contribution >= 0.6 is 0 Å². The van der Waals surface area contributed by atoms with Gasteiger partial charge in [0.15, 0.2) is 11.6 Å². The van der Waals surface area contributed by atoms with Crippen LogP contribution in [0.15, 0.2) is 60.7 Å². The number of benzene rings is 2. The zero-order valence-electron chi connectivity index (χ0n) is 90.0. The third kappa shape index (κ3) is 52.4. The Balaban J connectivity index is 0.000000760. The summed E-state index contributed by atoms with van der Waals surface area (Å²) >= 11 is 0. The van der Waals surface area contributed by atoms with Gasteiger partial charge in [0.05, 0.1) is 37.1 Å². The van der Waals surface area contributed by atoms with Gasteiger partial charge in [-0.2, -0.15) is 0 Å². The fourth-order valence-electron chi connectivity index (χ4n) is 17.5. The maximum absolute atomic E-state index is 14.4. The normalized spacial score (nSPS) is 23.2. The van der Waals surface area contributed by atoms with Crippen molar-refractivity contribution in [2.24, 2.45) is 75.8 Å². The molecular weight excluding hydrogens is 1900 g/mol. The summed E-state index contributed by atoms with van der Waals surface area (Å²) in [7, 11) is 0. The monoisotopic (exact) mass is 2080 g/mol. The van der Waals surface area contributed by atoms with Crippen LogP contribution in [0.5, 0.6) is 0 Å². The fraction of sp³-hybridized carbons (Fsp3) is 0.717. The van der Waals surface area contributed by atoms with E-state index in [1.54, 1.807) is 60.7 Å². The van der Waals surface area contributed by atoms with E-state index in [9.17, 15) is 96.5 Å². The van der Waals surface area contributed by atoms with Crippen molar-refractivity contribution < 1.29 is 96.5 Å². The standard InChI is InChI=1S/2C53H91N11O10/c1-8-14-38-49(70)64-44(28-34(6)7)48(69)57-26-22-42(62-50(71)39(19-23-54)58-46(67)31-37(65)18-13-12-15-32(2)3)53(74)61-41(21-25-56)52(73)63-43(27-33(4)5)45(66)30-36(29-35-16-10-9-11-17-35)47(68)59-40(20-24-55)51(72)60-38;1-7-9-10-11-15-19-37(65)32-46(67)58-39(20-24-54)50(71)62-42-23-27-57-48(69)44(29-34(5)6)64-49(70)38(16-8-2)60-51(72)40(21-25-55)59-47(68)36(30-35-17-13-12-14-18-35)31-45(66)43(28-33(3)4)63-52(73)41(22-26-56)61-53(42)74/h9-11,16-17,32-34,36-44,65H,8,12-15,18-31,54-56H2,1-7H3,(H,57,69)(H,58,67)(H,59,68)(H,60,72)(H,61,74)(H,62,71)(H,63,73)(H,64,70);12-14,17-18,33-34,36-44,65H,7-11,15-16,19-32,54-56H2,1-6H3,(H,57,69)(H,58,67)(H,59,68)(H,60,72)(H,61,74)(H,62,71)(H,63,73)(H,64,70)/t2*36-,37-,38+,39-,40+,41+,42+,43-,44+/m11/s1. The van der Waals surface area contributed by atoms with E-state index in [0.29, 0.717) is 31.6 Å². The van der Waals surface area contributed by atoms with E-state index in [0.717, 1.165) is 62.5 Å². The van der Waals surface area contributed by atoms with Crippen LogP contribution in [0.3, 0.4) is 0 Å². The van der Waals surface area contributed by atoms with Gasteiger partial charge in [-0.1, -0.05) is 215 Å². The van der Waals surface area contributed by atoms with Gasteiger partial charge in [-0.25, -0.2) is 0 Å². The number of nitrogens with two attached hydrogens (primary N) is 6. The first-order valence-electron chi connectivity index (χ1n) is 53.9. The molecule has 30 N–H and O–H groups in total. The van der Waals surface area contributed by atoms with Gasteiger partial charge in [-0.05, 0) is 196 Å². The molecule has 0 spiro atoms. The topological polar surface area (TPSA) is 696 Å². The number of nitrogens with one attached hydrogen (secondary N) is 16. The van der Waals surface area contributed by atoms with Crippen molar-refractivity contribution in [3.8, 4) is 0 Å². The third-order valence-electron chi connectivity index (χ3n) is 25.6. The fourth-order valence-corrected chi connectivity index (χ4v) is 17.5. The van der Waals surface area contributed by atoms with E-state index in [-0.39, 0.29) is 204 Å². The summed E-state index contributed by atoms with van der Waals surface area (Å²) in [5.41, 5.74) is 37.0. The number of amides is 16. The maximum Gasteiger partial charge on any atom is 0.243 e. The molecule has 2 fully saturated rings. The number of carbonyl (C=O) groups is 18. The highest BCUT2D eigenvalue weighted by molar-refractivity contribution is 6.01. The summed E-state index contributed by atoms with van der Waals surface area (Å²) in [5, 5.41) is 64.8. The van der Waals surface area contributed by atoms with Crippen molar-refractivity contribution in [3.05, 3.63) is 71.8 Å². The Morgan fingerprint density at radius 2 is 0.601 bits per heavy atom. The average molecular weight is 2080 g/mol. The Morgan fingerprint density at radius 3 is 0.905 bits per heavy atom. The van der Waals surface area contributed by atoms with E-state index in [4.69, 9.17) is 34.4 Å². The maximum atomic E-state index is 14.4. The van der Waals surface area contributed by atoms with Crippen molar-refractivity contribution in [1.29, 1.82) is 0 Å². The van der Waals surface area contributed by atoms with Crippen LogP contribution in [0.25, 0.3) is 0 Å². The second kappa shape index (κ2) is 73.2. The molecular formula is C106H182N22O20. The molecule has 0 unspecified atom stereocenters. The zero-order chi connectivity index (χ0) is 110. The molecule has 0 aromatic heterocycles. The molecule has 2 aliphatic heterocycles. The van der Waals surface area contributed by atoms with Crippen LogP contribution in [0, 0.1) is 41.4 Å². The molecule has 0 bridgehead atoms. The number of ketones is 2. The highest BCUT2D eigenvalue weighted by atomic mass is 16.3. The van der Waals surface area contributed by atoms with Crippen molar-refractivity contribution >= 4 is 106 Å². The molecule has 4 rings (SSSR count). The van der Waals surface area contributed by atoms with Crippen LogP contribution in [-0.2, 0) is 99.1 Å². The SMILES string of the molecule is CCCCCCC[C@@H](O)CC(=O)N[C@H](CCN)C(=O)N[C@H]1CCNC(=O)[C@H](CC(C)C)NC(=O)[C@H](CCC)NC(=O)[C@H](CCN)NC(=O)[C@H](Cc2ccccc2)CC(=O)[C@@H](CC(C)C)NC(=O)[C@H](CCN)NC1=O.CCC[C@@H]1NC(=O)[C@H](CCN)NC(=O)[C@H](Cc2ccccc2)CC(=O)[C@@H](CC(C)C)NC(=O)[C@H](CCN)NC(=O)[C@@H](NC(=O)[C@@H](CCN)NC(=O)C[C@H](O)CCCCC(C)C)CCNC(=O)[C@H](CC(C)C)NC1=O. The first-order chi connectivity index (χ1) is 70.4. The summed E-state index contributed by atoms with van der Waals surface area (Å²) in [4.78, 5) is 253. The van der Waals surface area contributed by atoms with Gasteiger partial charge >= 0.3 is 0 Å². The minimum absolute atomic E-state index is 0.00406. The molecule has 0 radical (unpaired) electrons. The van der Waals surface area contributed by atoms with Crippen LogP contribution in [0.2, 0.25) is 0 Å². The Bertz CT molecular complexity index is 4400. The summed E-state index contributed by atoms with van der Waals surface area (Å²) in [6.45, 7) is 24.1. The Hall–Kier alpha value is -11.0. The number of hydrogen-bond donors (Lipinski definition) is 24. The number of aliphatic hydroxyl groups is 2. The Morgan fingerprint density at radius 1 is 0.318 bits per heavy atom. The van der Waals surface area contributed by atoms with Gasteiger partial charge in [-0.15, -0.1) is 0 Å². The van der Waals surface area contributed by atoms with Crippen molar-refractivity contribution in [2.45, 2.75) is 392 Å². The second-order valence-corrected chi connectivity index (χ2v) is 41.4. The first kappa shape index (κ1) is 131. The van der Waals surface area contributed by atoms with E-state index in [2.05, 4.69) is 106 Å².